The van der Waals surface area contributed by atoms with Crippen molar-refractivity contribution in [3.05, 3.63) is 12.2 Å². The number of hydrogen-bond acceptors (Lipinski definition) is 1. The van der Waals surface area contributed by atoms with Crippen LogP contribution in [-0.2, 0) is 4.79 Å². The SMILES string of the molecule is C=C(C)C(=O)N[C@@H](C)CC. The Labute approximate surface area is 62.3 Å². The Morgan fingerprint density at radius 1 is 1.70 bits per heavy atom. The molecule has 10 heavy (non-hydrogen) atoms. The Hall–Kier alpha value is -0.790. The molecule has 1 amide bonds. The van der Waals surface area contributed by atoms with Gasteiger partial charge < -0.3 is 5.32 Å². The van der Waals surface area contributed by atoms with E-state index >= 15 is 0 Å². The minimum atomic E-state index is -0.0469. The van der Waals surface area contributed by atoms with Crippen LogP contribution in [0.4, 0.5) is 0 Å². The van der Waals surface area contributed by atoms with Gasteiger partial charge in [-0.15, -0.1) is 0 Å². The summed E-state index contributed by atoms with van der Waals surface area (Å²) < 4.78 is 0. The fraction of sp³-hybridized carbons (Fsp3) is 0.625. The second-order valence-corrected chi connectivity index (χ2v) is 2.56. The van der Waals surface area contributed by atoms with Crippen molar-refractivity contribution in [3.63, 3.8) is 0 Å². The van der Waals surface area contributed by atoms with Crippen LogP contribution in [0.25, 0.3) is 0 Å². The maximum Gasteiger partial charge on any atom is 0.246 e. The highest BCUT2D eigenvalue weighted by molar-refractivity contribution is 5.92. The molecule has 0 heterocycles. The first-order chi connectivity index (χ1) is 4.57. The lowest BCUT2D eigenvalue weighted by atomic mass is 10.2. The van der Waals surface area contributed by atoms with E-state index < -0.39 is 0 Å². The summed E-state index contributed by atoms with van der Waals surface area (Å²) in [6.45, 7) is 9.24. The minimum absolute atomic E-state index is 0.0469. The lowest BCUT2D eigenvalue weighted by Gasteiger charge is -2.10. The predicted octanol–water partition coefficient (Wildman–Crippen LogP) is 1.48. The molecule has 1 N–H and O–H groups in total. The van der Waals surface area contributed by atoms with Gasteiger partial charge >= 0.3 is 0 Å². The van der Waals surface area contributed by atoms with Crippen LogP contribution < -0.4 is 5.32 Å². The van der Waals surface area contributed by atoms with Gasteiger partial charge in [-0.05, 0) is 20.3 Å². The summed E-state index contributed by atoms with van der Waals surface area (Å²) in [5.74, 6) is -0.0469. The van der Waals surface area contributed by atoms with Gasteiger partial charge in [-0.3, -0.25) is 4.79 Å². The molecular formula is C8H15NO. The molecule has 0 aliphatic carbocycles. The zero-order chi connectivity index (χ0) is 8.15. The van der Waals surface area contributed by atoms with Crippen LogP contribution in [0.3, 0.4) is 0 Å². The number of amides is 1. The highest BCUT2D eigenvalue weighted by Crippen LogP contribution is 1.91. The Morgan fingerprint density at radius 2 is 2.20 bits per heavy atom. The van der Waals surface area contributed by atoms with Crippen molar-refractivity contribution in [2.45, 2.75) is 33.2 Å². The molecule has 0 spiro atoms. The Kier molecular flexibility index (Phi) is 3.77. The van der Waals surface area contributed by atoms with Crippen LogP contribution >= 0.6 is 0 Å². The van der Waals surface area contributed by atoms with E-state index in [1.807, 2.05) is 13.8 Å². The van der Waals surface area contributed by atoms with E-state index in [4.69, 9.17) is 0 Å². The van der Waals surface area contributed by atoms with Gasteiger partial charge in [-0.1, -0.05) is 13.5 Å². The third-order valence-corrected chi connectivity index (χ3v) is 1.38. The third kappa shape index (κ3) is 3.28. The number of hydrogen-bond donors (Lipinski definition) is 1. The summed E-state index contributed by atoms with van der Waals surface area (Å²) in [6, 6.07) is 0.254. The molecule has 2 heteroatoms. The molecule has 0 unspecified atom stereocenters. The summed E-state index contributed by atoms with van der Waals surface area (Å²) in [5.41, 5.74) is 0.570. The molecule has 0 aromatic rings. The van der Waals surface area contributed by atoms with Crippen molar-refractivity contribution < 1.29 is 4.79 Å². The van der Waals surface area contributed by atoms with E-state index in [2.05, 4.69) is 11.9 Å². The first-order valence-corrected chi connectivity index (χ1v) is 3.54. The summed E-state index contributed by atoms with van der Waals surface area (Å²) in [7, 11) is 0. The van der Waals surface area contributed by atoms with Gasteiger partial charge in [0, 0.05) is 11.6 Å². The number of carbonyl (C=O) groups excluding carboxylic acids is 1. The summed E-state index contributed by atoms with van der Waals surface area (Å²) in [4.78, 5) is 10.9. The highest BCUT2D eigenvalue weighted by atomic mass is 16.1. The molecule has 0 saturated carbocycles. The number of carbonyl (C=O) groups is 1. The van der Waals surface area contributed by atoms with Gasteiger partial charge in [0.15, 0.2) is 0 Å². The van der Waals surface area contributed by atoms with Crippen molar-refractivity contribution in [1.82, 2.24) is 5.32 Å². The molecular weight excluding hydrogens is 126 g/mol. The van der Waals surface area contributed by atoms with Crippen LogP contribution in [0.15, 0.2) is 12.2 Å². The van der Waals surface area contributed by atoms with Crippen LogP contribution in [0.1, 0.15) is 27.2 Å². The summed E-state index contributed by atoms with van der Waals surface area (Å²) >= 11 is 0. The zero-order valence-electron chi connectivity index (χ0n) is 6.90. The van der Waals surface area contributed by atoms with E-state index in [1.54, 1.807) is 6.92 Å². The fourth-order valence-electron chi connectivity index (χ4n) is 0.449. The van der Waals surface area contributed by atoms with E-state index in [1.165, 1.54) is 0 Å². The van der Waals surface area contributed by atoms with E-state index in [9.17, 15) is 4.79 Å². The molecule has 1 atom stereocenters. The Balaban J connectivity index is 3.68. The van der Waals surface area contributed by atoms with Crippen LogP contribution in [0.2, 0.25) is 0 Å². The molecule has 0 saturated heterocycles. The molecule has 2 nitrogen and oxygen atoms in total. The van der Waals surface area contributed by atoms with Gasteiger partial charge in [0.1, 0.15) is 0 Å². The monoisotopic (exact) mass is 141 g/mol. The van der Waals surface area contributed by atoms with E-state index in [0.717, 1.165) is 6.42 Å². The van der Waals surface area contributed by atoms with Crippen LogP contribution in [0, 0.1) is 0 Å². The maximum atomic E-state index is 10.9. The van der Waals surface area contributed by atoms with Gasteiger partial charge in [-0.2, -0.15) is 0 Å². The van der Waals surface area contributed by atoms with Gasteiger partial charge in [0.05, 0.1) is 0 Å². The van der Waals surface area contributed by atoms with Crippen molar-refractivity contribution in [2.24, 2.45) is 0 Å². The van der Waals surface area contributed by atoms with Crippen molar-refractivity contribution in [1.29, 1.82) is 0 Å². The second kappa shape index (κ2) is 4.09. The molecule has 0 bridgehead atoms. The number of nitrogens with one attached hydrogen (secondary N) is 1. The average Bonchev–Trinajstić information content (AvgIpc) is 1.87. The summed E-state index contributed by atoms with van der Waals surface area (Å²) in [5, 5.41) is 2.79. The van der Waals surface area contributed by atoms with Gasteiger partial charge in [0.2, 0.25) is 5.91 Å². The quantitative estimate of drug-likeness (QED) is 0.592. The predicted molar refractivity (Wildman–Crippen MR) is 42.7 cm³/mol. The van der Waals surface area contributed by atoms with E-state index in [-0.39, 0.29) is 11.9 Å². The first-order valence-electron chi connectivity index (χ1n) is 3.54. The molecule has 0 aromatic carbocycles. The molecule has 58 valence electrons. The Morgan fingerprint density at radius 3 is 2.50 bits per heavy atom. The van der Waals surface area contributed by atoms with Crippen molar-refractivity contribution >= 4 is 5.91 Å². The average molecular weight is 141 g/mol. The third-order valence-electron chi connectivity index (χ3n) is 1.38. The highest BCUT2D eigenvalue weighted by Gasteiger charge is 2.03. The lowest BCUT2D eigenvalue weighted by molar-refractivity contribution is -0.118. The maximum absolute atomic E-state index is 10.9. The van der Waals surface area contributed by atoms with Gasteiger partial charge in [0.25, 0.3) is 0 Å². The molecule has 0 aromatic heterocycles. The minimum Gasteiger partial charge on any atom is -0.350 e. The first kappa shape index (κ1) is 9.21. The second-order valence-electron chi connectivity index (χ2n) is 2.56. The largest absolute Gasteiger partial charge is 0.350 e. The molecule has 0 aliphatic heterocycles. The standard InChI is InChI=1S/C8H15NO/c1-5-7(4)9-8(10)6(2)3/h7H,2,5H2,1,3-4H3,(H,9,10)/t7-/m0/s1. The smallest absolute Gasteiger partial charge is 0.246 e. The molecule has 0 fully saturated rings. The zero-order valence-corrected chi connectivity index (χ0v) is 6.90. The molecule has 0 radical (unpaired) electrons. The normalized spacial score (nSPS) is 12.3. The van der Waals surface area contributed by atoms with Crippen molar-refractivity contribution in [2.75, 3.05) is 0 Å². The topological polar surface area (TPSA) is 29.1 Å². The van der Waals surface area contributed by atoms with Crippen LogP contribution in [0.5, 0.6) is 0 Å². The van der Waals surface area contributed by atoms with Crippen LogP contribution in [-0.4, -0.2) is 11.9 Å². The van der Waals surface area contributed by atoms with Crippen molar-refractivity contribution in [3.8, 4) is 0 Å². The van der Waals surface area contributed by atoms with Gasteiger partial charge in [-0.25, -0.2) is 0 Å². The van der Waals surface area contributed by atoms with E-state index in [0.29, 0.717) is 5.57 Å². The fourth-order valence-corrected chi connectivity index (χ4v) is 0.449. The lowest BCUT2D eigenvalue weighted by Crippen LogP contribution is -2.32. The molecule has 0 aliphatic rings. The number of rotatable bonds is 3. The summed E-state index contributed by atoms with van der Waals surface area (Å²) in [6.07, 6.45) is 0.957. The Bertz CT molecular complexity index is 140. The molecule has 0 rings (SSSR count).